The molecule has 114 valence electrons. The number of methoxy groups -OCH3 is 1. The molecule has 0 N–H and O–H groups in total. The van der Waals surface area contributed by atoms with Crippen molar-refractivity contribution in [3.63, 3.8) is 0 Å². The van der Waals surface area contributed by atoms with Crippen molar-refractivity contribution < 1.29 is 17.9 Å². The molecule has 1 aromatic rings. The van der Waals surface area contributed by atoms with E-state index >= 15 is 0 Å². The Kier molecular flexibility index (Phi) is 4.93. The molecule has 0 aliphatic heterocycles. The average molecular weight is 303 g/mol. The number of rotatable bonds is 5. The maximum absolute atomic E-state index is 12.6. The number of carbonyl (C=O) groups excluding carboxylic acids is 1. The van der Waals surface area contributed by atoms with Gasteiger partial charge in [0.15, 0.2) is 0 Å². The van der Waals surface area contributed by atoms with Gasteiger partial charge in [-0.15, -0.1) is 0 Å². The van der Waals surface area contributed by atoms with Gasteiger partial charge in [-0.3, -0.25) is 9.48 Å². The van der Waals surface area contributed by atoms with E-state index in [0.717, 1.165) is 4.31 Å². The third kappa shape index (κ3) is 3.01. The molecule has 0 saturated carbocycles. The summed E-state index contributed by atoms with van der Waals surface area (Å²) in [5.41, 5.74) is 1.02. The van der Waals surface area contributed by atoms with E-state index in [2.05, 4.69) is 9.84 Å². The van der Waals surface area contributed by atoms with Gasteiger partial charge in [0.05, 0.1) is 24.4 Å². The highest BCUT2D eigenvalue weighted by Crippen LogP contribution is 2.22. The van der Waals surface area contributed by atoms with E-state index in [0.29, 0.717) is 11.4 Å². The zero-order chi connectivity index (χ0) is 15.7. The van der Waals surface area contributed by atoms with E-state index < -0.39 is 21.9 Å². The number of aryl methyl sites for hydroxylation is 2. The lowest BCUT2D eigenvalue weighted by atomic mass is 10.2. The molecule has 1 aromatic heterocycles. The van der Waals surface area contributed by atoms with Gasteiger partial charge in [-0.05, 0) is 13.8 Å². The summed E-state index contributed by atoms with van der Waals surface area (Å²) in [5.74, 6) is -0.969. The Morgan fingerprint density at radius 1 is 1.45 bits per heavy atom. The minimum atomic E-state index is -3.67. The zero-order valence-corrected chi connectivity index (χ0v) is 13.5. The lowest BCUT2D eigenvalue weighted by molar-refractivity contribution is -0.144. The second kappa shape index (κ2) is 5.92. The molecular formula is C12H21N3O4S. The first kappa shape index (κ1) is 16.6. The van der Waals surface area contributed by atoms with Crippen molar-refractivity contribution in [2.75, 3.05) is 20.7 Å². The molecule has 0 aliphatic carbocycles. The van der Waals surface area contributed by atoms with Crippen LogP contribution in [-0.2, 0) is 26.6 Å². The van der Waals surface area contributed by atoms with Gasteiger partial charge in [0.2, 0.25) is 10.0 Å². The maximum atomic E-state index is 12.6. The zero-order valence-electron chi connectivity index (χ0n) is 12.7. The molecule has 0 aromatic carbocycles. The first-order valence-corrected chi connectivity index (χ1v) is 7.61. The average Bonchev–Trinajstić information content (AvgIpc) is 2.62. The number of aromatic nitrogens is 2. The molecule has 7 nitrogen and oxygen atoms in total. The van der Waals surface area contributed by atoms with Gasteiger partial charge in [0.1, 0.15) is 4.90 Å². The Bertz CT molecular complexity index is 606. The van der Waals surface area contributed by atoms with Crippen LogP contribution in [0, 0.1) is 19.8 Å². The van der Waals surface area contributed by atoms with E-state index in [4.69, 9.17) is 0 Å². The van der Waals surface area contributed by atoms with Crippen molar-refractivity contribution in [2.24, 2.45) is 13.0 Å². The molecule has 0 spiro atoms. The number of nitrogens with zero attached hydrogens (tertiary/aromatic N) is 3. The quantitative estimate of drug-likeness (QED) is 0.738. The number of hydrogen-bond donors (Lipinski definition) is 0. The Morgan fingerprint density at radius 2 is 2.00 bits per heavy atom. The molecule has 8 heteroatoms. The van der Waals surface area contributed by atoms with Crippen LogP contribution in [0.1, 0.15) is 18.3 Å². The summed E-state index contributed by atoms with van der Waals surface area (Å²) in [5, 5.41) is 4.11. The molecule has 1 unspecified atom stereocenters. The highest BCUT2D eigenvalue weighted by atomic mass is 32.2. The smallest absolute Gasteiger partial charge is 0.309 e. The van der Waals surface area contributed by atoms with Crippen molar-refractivity contribution >= 4 is 16.0 Å². The van der Waals surface area contributed by atoms with Crippen LogP contribution in [0.4, 0.5) is 0 Å². The minimum absolute atomic E-state index is 0.0583. The van der Waals surface area contributed by atoms with Gasteiger partial charge in [0.25, 0.3) is 0 Å². The van der Waals surface area contributed by atoms with Crippen molar-refractivity contribution in [2.45, 2.75) is 25.7 Å². The summed E-state index contributed by atoms with van der Waals surface area (Å²) < 4.78 is 32.4. The van der Waals surface area contributed by atoms with Crippen LogP contribution in [0.3, 0.4) is 0 Å². The van der Waals surface area contributed by atoms with Crippen molar-refractivity contribution in [1.29, 1.82) is 0 Å². The van der Waals surface area contributed by atoms with Gasteiger partial charge in [0, 0.05) is 20.6 Å². The maximum Gasteiger partial charge on any atom is 0.309 e. The standard InChI is InChI=1S/C12H21N3O4S/c1-8(12(16)19-6)7-14(4)20(17,18)11-9(2)13-15(5)10(11)3/h8H,7H2,1-6H3. The van der Waals surface area contributed by atoms with Gasteiger partial charge >= 0.3 is 5.97 Å². The van der Waals surface area contributed by atoms with Crippen LogP contribution in [-0.4, -0.2) is 49.2 Å². The summed E-state index contributed by atoms with van der Waals surface area (Å²) >= 11 is 0. The minimum Gasteiger partial charge on any atom is -0.469 e. The highest BCUT2D eigenvalue weighted by molar-refractivity contribution is 7.89. The molecule has 1 atom stereocenters. The van der Waals surface area contributed by atoms with E-state index in [1.807, 2.05) is 0 Å². The summed E-state index contributed by atoms with van der Waals surface area (Å²) in [7, 11) is 0.744. The Hall–Kier alpha value is -1.41. The second-order valence-corrected chi connectivity index (χ2v) is 6.82. The molecule has 0 saturated heterocycles. The van der Waals surface area contributed by atoms with Crippen LogP contribution in [0.25, 0.3) is 0 Å². The van der Waals surface area contributed by atoms with Crippen LogP contribution in [0.2, 0.25) is 0 Å². The fourth-order valence-electron chi connectivity index (χ4n) is 2.04. The molecule has 1 rings (SSSR count). The lowest BCUT2D eigenvalue weighted by Gasteiger charge is -2.20. The van der Waals surface area contributed by atoms with Crippen LogP contribution < -0.4 is 0 Å². The molecule has 0 radical (unpaired) electrons. The normalized spacial score (nSPS) is 13.6. The number of sulfonamides is 1. The molecule has 1 heterocycles. The molecular weight excluding hydrogens is 282 g/mol. The molecule has 0 aliphatic rings. The van der Waals surface area contributed by atoms with Gasteiger partial charge in [-0.2, -0.15) is 9.40 Å². The van der Waals surface area contributed by atoms with Crippen molar-refractivity contribution in [1.82, 2.24) is 14.1 Å². The summed E-state index contributed by atoms with van der Waals surface area (Å²) in [4.78, 5) is 11.6. The summed E-state index contributed by atoms with van der Waals surface area (Å²) in [6.07, 6.45) is 0. The fraction of sp³-hybridized carbons (Fsp3) is 0.667. The fourth-order valence-corrected chi connectivity index (χ4v) is 3.69. The molecule has 0 fully saturated rings. The van der Waals surface area contributed by atoms with Crippen molar-refractivity contribution in [3.05, 3.63) is 11.4 Å². The first-order chi connectivity index (χ1) is 9.12. The van der Waals surface area contributed by atoms with Gasteiger partial charge < -0.3 is 4.74 Å². The number of ether oxygens (including phenoxy) is 1. The van der Waals surface area contributed by atoms with Crippen LogP contribution >= 0.6 is 0 Å². The van der Waals surface area contributed by atoms with Gasteiger partial charge in [-0.25, -0.2) is 8.42 Å². The third-order valence-corrected chi connectivity index (χ3v) is 5.32. The van der Waals surface area contributed by atoms with Crippen LogP contribution in [0.5, 0.6) is 0 Å². The predicted octanol–water partition coefficient (Wildman–Crippen LogP) is 0.467. The Morgan fingerprint density at radius 3 is 2.40 bits per heavy atom. The number of hydrogen-bond acceptors (Lipinski definition) is 5. The number of esters is 1. The monoisotopic (exact) mass is 303 g/mol. The molecule has 0 bridgehead atoms. The van der Waals surface area contributed by atoms with Crippen molar-refractivity contribution in [3.8, 4) is 0 Å². The van der Waals surface area contributed by atoms with Gasteiger partial charge in [-0.1, -0.05) is 6.92 Å². The number of carbonyl (C=O) groups is 1. The topological polar surface area (TPSA) is 81.5 Å². The van der Waals surface area contributed by atoms with E-state index in [1.54, 1.807) is 27.8 Å². The summed E-state index contributed by atoms with van der Waals surface area (Å²) in [6.45, 7) is 5.03. The second-order valence-electron chi connectivity index (χ2n) is 4.83. The third-order valence-electron chi connectivity index (χ3n) is 3.25. The predicted molar refractivity (Wildman–Crippen MR) is 73.7 cm³/mol. The summed E-state index contributed by atoms with van der Waals surface area (Å²) in [6, 6.07) is 0. The van der Waals surface area contributed by atoms with E-state index in [9.17, 15) is 13.2 Å². The van der Waals surface area contributed by atoms with Crippen LogP contribution in [0.15, 0.2) is 4.90 Å². The largest absolute Gasteiger partial charge is 0.469 e. The van der Waals surface area contributed by atoms with E-state index in [-0.39, 0.29) is 11.4 Å². The first-order valence-electron chi connectivity index (χ1n) is 6.17. The Labute approximate surface area is 119 Å². The molecule has 20 heavy (non-hydrogen) atoms. The Balaban J connectivity index is 3.08. The SMILES string of the molecule is COC(=O)C(C)CN(C)S(=O)(=O)c1c(C)nn(C)c1C. The van der Waals surface area contributed by atoms with E-state index in [1.165, 1.54) is 18.8 Å². The lowest BCUT2D eigenvalue weighted by Crippen LogP contribution is -2.34. The highest BCUT2D eigenvalue weighted by Gasteiger charge is 2.30. The molecule has 0 amide bonds.